The second-order valence-electron chi connectivity index (χ2n) is 4.18. The van der Waals surface area contributed by atoms with E-state index in [0.717, 1.165) is 0 Å². The summed E-state index contributed by atoms with van der Waals surface area (Å²) in [5.41, 5.74) is 1.15. The molecule has 0 amide bonds. The fraction of sp³-hybridized carbons (Fsp3) is 0.250. The van der Waals surface area contributed by atoms with Crippen molar-refractivity contribution in [1.82, 2.24) is 15.0 Å². The van der Waals surface area contributed by atoms with Crippen LogP contribution in [0.5, 0.6) is 0 Å². The Balaban J connectivity index is 2.60. The van der Waals surface area contributed by atoms with Gasteiger partial charge in [-0.1, -0.05) is 18.2 Å². The second kappa shape index (κ2) is 5.08. The van der Waals surface area contributed by atoms with Gasteiger partial charge in [0, 0.05) is 11.6 Å². The molecule has 104 valence electrons. The second-order valence-corrected chi connectivity index (χ2v) is 4.18. The minimum Gasteiger partial charge on any atom is -0.476 e. The van der Waals surface area contributed by atoms with E-state index in [4.69, 9.17) is 5.11 Å². The molecule has 0 aliphatic heterocycles. The molecule has 0 radical (unpaired) electrons. The zero-order valence-electron chi connectivity index (χ0n) is 10.9. The standard InChI is InChI=1S/C12H12N4O4/c1-3-9-11(12(17)18)13-14-15(9)8-5-4-7(2)10(6-8)16(19)20/h4-6H,3H2,1-2H3,(H,17,18). The van der Waals surface area contributed by atoms with Crippen LogP contribution in [-0.2, 0) is 6.42 Å². The smallest absolute Gasteiger partial charge is 0.358 e. The maximum atomic E-state index is 11.0. The van der Waals surface area contributed by atoms with Gasteiger partial charge in [0.05, 0.1) is 16.3 Å². The van der Waals surface area contributed by atoms with Crippen molar-refractivity contribution in [2.45, 2.75) is 20.3 Å². The molecule has 1 N–H and O–H groups in total. The van der Waals surface area contributed by atoms with Crippen LogP contribution in [0, 0.1) is 17.0 Å². The van der Waals surface area contributed by atoms with E-state index in [1.807, 2.05) is 0 Å². The fourth-order valence-electron chi connectivity index (χ4n) is 1.92. The molecule has 20 heavy (non-hydrogen) atoms. The molecule has 0 saturated heterocycles. The SMILES string of the molecule is CCc1c(C(=O)O)nnn1-c1ccc(C)c([N+](=O)[O-])c1. The summed E-state index contributed by atoms with van der Waals surface area (Å²) in [5, 5.41) is 27.3. The van der Waals surface area contributed by atoms with Crippen LogP contribution in [0.2, 0.25) is 0 Å². The highest BCUT2D eigenvalue weighted by atomic mass is 16.6. The minimum absolute atomic E-state index is 0.0445. The number of aromatic carboxylic acids is 1. The van der Waals surface area contributed by atoms with Crippen molar-refractivity contribution in [2.75, 3.05) is 0 Å². The van der Waals surface area contributed by atoms with Gasteiger partial charge in [-0.25, -0.2) is 9.48 Å². The van der Waals surface area contributed by atoms with Crippen LogP contribution in [0.15, 0.2) is 18.2 Å². The van der Waals surface area contributed by atoms with E-state index >= 15 is 0 Å². The number of carboxylic acid groups (broad SMARTS) is 1. The molecule has 2 rings (SSSR count). The monoisotopic (exact) mass is 276 g/mol. The lowest BCUT2D eigenvalue weighted by atomic mass is 10.1. The minimum atomic E-state index is -1.17. The van der Waals surface area contributed by atoms with Crippen molar-refractivity contribution in [3.8, 4) is 5.69 Å². The Morgan fingerprint density at radius 2 is 2.20 bits per heavy atom. The molecule has 0 unspecified atom stereocenters. The summed E-state index contributed by atoms with van der Waals surface area (Å²) >= 11 is 0. The van der Waals surface area contributed by atoms with E-state index in [9.17, 15) is 14.9 Å². The lowest BCUT2D eigenvalue weighted by molar-refractivity contribution is -0.385. The molecule has 1 heterocycles. The van der Waals surface area contributed by atoms with Crippen molar-refractivity contribution in [3.63, 3.8) is 0 Å². The Labute approximate surface area is 113 Å². The summed E-state index contributed by atoms with van der Waals surface area (Å²) in [6.45, 7) is 3.40. The molecule has 0 atom stereocenters. The number of rotatable bonds is 4. The van der Waals surface area contributed by atoms with Crippen LogP contribution in [0.25, 0.3) is 5.69 Å². The molecule has 1 aromatic carbocycles. The Kier molecular flexibility index (Phi) is 3.47. The van der Waals surface area contributed by atoms with Gasteiger partial charge in [-0.15, -0.1) is 5.10 Å². The number of nitro benzene ring substituents is 1. The van der Waals surface area contributed by atoms with Gasteiger partial charge >= 0.3 is 5.97 Å². The van der Waals surface area contributed by atoms with E-state index in [2.05, 4.69) is 10.3 Å². The molecule has 0 spiro atoms. The molecule has 0 aliphatic carbocycles. The Morgan fingerprint density at radius 3 is 2.75 bits per heavy atom. The van der Waals surface area contributed by atoms with Gasteiger partial charge in [0.15, 0.2) is 5.69 Å². The zero-order chi connectivity index (χ0) is 14.9. The highest BCUT2D eigenvalue weighted by Gasteiger charge is 2.20. The fourth-order valence-corrected chi connectivity index (χ4v) is 1.92. The van der Waals surface area contributed by atoms with Gasteiger partial charge in [-0.05, 0) is 19.4 Å². The molecular formula is C12H12N4O4. The van der Waals surface area contributed by atoms with E-state index < -0.39 is 10.9 Å². The highest BCUT2D eigenvalue weighted by molar-refractivity contribution is 5.86. The van der Waals surface area contributed by atoms with E-state index in [0.29, 0.717) is 23.4 Å². The molecule has 8 heteroatoms. The number of hydrogen-bond donors (Lipinski definition) is 1. The normalized spacial score (nSPS) is 10.5. The van der Waals surface area contributed by atoms with Crippen LogP contribution in [0.3, 0.4) is 0 Å². The van der Waals surface area contributed by atoms with E-state index in [1.54, 1.807) is 26.0 Å². The van der Waals surface area contributed by atoms with Crippen LogP contribution in [-0.4, -0.2) is 31.0 Å². The van der Waals surface area contributed by atoms with Crippen LogP contribution >= 0.6 is 0 Å². The number of nitro groups is 1. The topological polar surface area (TPSA) is 111 Å². The van der Waals surface area contributed by atoms with Crippen molar-refractivity contribution < 1.29 is 14.8 Å². The van der Waals surface area contributed by atoms with Crippen molar-refractivity contribution in [3.05, 3.63) is 45.3 Å². The number of aromatic nitrogens is 3. The first-order valence-corrected chi connectivity index (χ1v) is 5.89. The predicted octanol–water partition coefficient (Wildman–Crippen LogP) is 1.74. The first-order valence-electron chi connectivity index (χ1n) is 5.89. The van der Waals surface area contributed by atoms with Gasteiger partial charge in [-0.3, -0.25) is 10.1 Å². The summed E-state index contributed by atoms with van der Waals surface area (Å²) in [4.78, 5) is 21.5. The Hall–Kier alpha value is -2.77. The predicted molar refractivity (Wildman–Crippen MR) is 69.1 cm³/mol. The zero-order valence-corrected chi connectivity index (χ0v) is 10.9. The van der Waals surface area contributed by atoms with Gasteiger partial charge < -0.3 is 5.11 Å². The third-order valence-electron chi connectivity index (χ3n) is 2.93. The van der Waals surface area contributed by atoms with Crippen LogP contribution in [0.1, 0.15) is 28.7 Å². The maximum absolute atomic E-state index is 11.0. The summed E-state index contributed by atoms with van der Waals surface area (Å²) in [7, 11) is 0. The lowest BCUT2D eigenvalue weighted by Gasteiger charge is -2.06. The van der Waals surface area contributed by atoms with Crippen molar-refractivity contribution in [2.24, 2.45) is 0 Å². The first kappa shape index (κ1) is 13.7. The third-order valence-corrected chi connectivity index (χ3v) is 2.93. The van der Waals surface area contributed by atoms with Crippen molar-refractivity contribution in [1.29, 1.82) is 0 Å². The molecule has 0 aliphatic rings. The molecule has 0 saturated carbocycles. The quantitative estimate of drug-likeness (QED) is 0.672. The van der Waals surface area contributed by atoms with Gasteiger partial charge in [0.25, 0.3) is 5.69 Å². The summed E-state index contributed by atoms with van der Waals surface area (Å²) in [5.74, 6) is -1.17. The third kappa shape index (κ3) is 2.22. The number of carboxylic acids is 1. The average molecular weight is 276 g/mol. The summed E-state index contributed by atoms with van der Waals surface area (Å²) < 4.78 is 1.32. The molecular weight excluding hydrogens is 264 g/mol. The van der Waals surface area contributed by atoms with Gasteiger partial charge in [-0.2, -0.15) is 0 Å². The van der Waals surface area contributed by atoms with Gasteiger partial charge in [0.1, 0.15) is 0 Å². The Morgan fingerprint density at radius 1 is 1.50 bits per heavy atom. The molecule has 1 aromatic heterocycles. The number of benzene rings is 1. The first-order chi connectivity index (χ1) is 9.45. The number of carbonyl (C=O) groups is 1. The Bertz CT molecular complexity index is 693. The lowest BCUT2D eigenvalue weighted by Crippen LogP contribution is -2.06. The van der Waals surface area contributed by atoms with E-state index in [-0.39, 0.29) is 11.4 Å². The molecule has 2 aromatic rings. The maximum Gasteiger partial charge on any atom is 0.358 e. The van der Waals surface area contributed by atoms with Crippen molar-refractivity contribution >= 4 is 11.7 Å². The highest BCUT2D eigenvalue weighted by Crippen LogP contribution is 2.22. The summed E-state index contributed by atoms with van der Waals surface area (Å²) in [6.07, 6.45) is 0.399. The number of nitrogens with zero attached hydrogens (tertiary/aromatic N) is 4. The van der Waals surface area contributed by atoms with Crippen LogP contribution < -0.4 is 0 Å². The number of aryl methyl sites for hydroxylation is 1. The van der Waals surface area contributed by atoms with Crippen LogP contribution in [0.4, 0.5) is 5.69 Å². The van der Waals surface area contributed by atoms with E-state index in [1.165, 1.54) is 10.7 Å². The van der Waals surface area contributed by atoms with Gasteiger partial charge in [0.2, 0.25) is 0 Å². The molecule has 8 nitrogen and oxygen atoms in total. The molecule has 0 fully saturated rings. The average Bonchev–Trinajstić information content (AvgIpc) is 2.82. The molecule has 0 bridgehead atoms. The summed E-state index contributed by atoms with van der Waals surface area (Å²) in [6, 6.07) is 4.59. The largest absolute Gasteiger partial charge is 0.476 e. The number of hydrogen-bond acceptors (Lipinski definition) is 5.